The Kier molecular flexibility index (Phi) is 6.78. The van der Waals surface area contributed by atoms with Crippen LogP contribution in [0.25, 0.3) is 0 Å². The van der Waals surface area contributed by atoms with E-state index >= 15 is 0 Å². The van der Waals surface area contributed by atoms with E-state index in [0.29, 0.717) is 25.1 Å². The molecule has 1 aliphatic heterocycles. The molecular formula is C17H20F3N3O4. The van der Waals surface area contributed by atoms with Crippen molar-refractivity contribution in [2.75, 3.05) is 32.1 Å². The number of halogens is 3. The van der Waals surface area contributed by atoms with E-state index in [1.54, 1.807) is 12.1 Å². The lowest BCUT2D eigenvalue weighted by Gasteiger charge is -2.23. The first-order valence-corrected chi connectivity index (χ1v) is 8.26. The van der Waals surface area contributed by atoms with Crippen LogP contribution in [0.1, 0.15) is 23.2 Å². The number of carbonyl (C=O) groups excluding carboxylic acids is 3. The van der Waals surface area contributed by atoms with Gasteiger partial charge in [-0.05, 0) is 37.6 Å². The number of nitrogens with one attached hydrogen (secondary N) is 2. The minimum absolute atomic E-state index is 0.146. The third-order valence-electron chi connectivity index (χ3n) is 4.04. The number of hydrogen-bond acceptors (Lipinski definition) is 5. The van der Waals surface area contributed by atoms with Crippen molar-refractivity contribution in [3.8, 4) is 0 Å². The number of nitrogens with zero attached hydrogens (tertiary/aromatic N) is 1. The van der Waals surface area contributed by atoms with Crippen LogP contribution in [-0.4, -0.2) is 61.6 Å². The predicted molar refractivity (Wildman–Crippen MR) is 90.1 cm³/mol. The van der Waals surface area contributed by atoms with Crippen LogP contribution in [-0.2, 0) is 14.3 Å². The number of rotatable bonds is 6. The number of ether oxygens (including phenoxy) is 1. The van der Waals surface area contributed by atoms with E-state index < -0.39 is 36.5 Å². The van der Waals surface area contributed by atoms with Gasteiger partial charge in [-0.15, -0.1) is 0 Å². The van der Waals surface area contributed by atoms with Gasteiger partial charge in [0.2, 0.25) is 11.8 Å². The molecule has 0 bridgehead atoms. The summed E-state index contributed by atoms with van der Waals surface area (Å²) in [4.78, 5) is 37.2. The lowest BCUT2D eigenvalue weighted by molar-refractivity contribution is -0.141. The largest absolute Gasteiger partial charge is 0.465 e. The number of anilines is 1. The Labute approximate surface area is 153 Å². The zero-order valence-electron chi connectivity index (χ0n) is 14.6. The van der Waals surface area contributed by atoms with Gasteiger partial charge in [0.1, 0.15) is 6.54 Å². The standard InChI is InChI=1S/C17H20F3N3O4/c1-27-16(26)11-4-2-5-12(8-11)22-14(24)9-23-7-3-6-13(23)15(25)21-10-17(18,19)20/h2,4-5,8,13H,3,6-7,9-10H2,1H3,(H,21,25)(H,22,24). The first kappa shape index (κ1) is 20.7. The molecule has 1 unspecified atom stereocenters. The van der Waals surface area contributed by atoms with Crippen molar-refractivity contribution in [3.05, 3.63) is 29.8 Å². The Hall–Kier alpha value is -2.62. The average molecular weight is 387 g/mol. The van der Waals surface area contributed by atoms with E-state index in [4.69, 9.17) is 0 Å². The van der Waals surface area contributed by atoms with Crippen LogP contribution >= 0.6 is 0 Å². The summed E-state index contributed by atoms with van der Waals surface area (Å²) >= 11 is 0. The molecule has 0 aliphatic carbocycles. The lowest BCUT2D eigenvalue weighted by Crippen LogP contribution is -2.47. The first-order chi connectivity index (χ1) is 12.7. The van der Waals surface area contributed by atoms with Gasteiger partial charge in [-0.3, -0.25) is 14.5 Å². The minimum Gasteiger partial charge on any atom is -0.465 e. The van der Waals surface area contributed by atoms with E-state index in [1.165, 1.54) is 24.1 Å². The quantitative estimate of drug-likeness (QED) is 0.724. The van der Waals surface area contributed by atoms with Gasteiger partial charge in [-0.1, -0.05) is 6.07 Å². The van der Waals surface area contributed by atoms with Crippen LogP contribution in [0.15, 0.2) is 24.3 Å². The zero-order chi connectivity index (χ0) is 20.0. The maximum Gasteiger partial charge on any atom is 0.405 e. The van der Waals surface area contributed by atoms with Crippen molar-refractivity contribution in [1.29, 1.82) is 0 Å². The number of methoxy groups -OCH3 is 1. The highest BCUT2D eigenvalue weighted by molar-refractivity contribution is 5.95. The summed E-state index contributed by atoms with van der Waals surface area (Å²) in [6.07, 6.45) is -3.49. The van der Waals surface area contributed by atoms with Gasteiger partial charge in [0.15, 0.2) is 0 Å². The maximum atomic E-state index is 12.2. The van der Waals surface area contributed by atoms with Crippen LogP contribution in [0.3, 0.4) is 0 Å². The summed E-state index contributed by atoms with van der Waals surface area (Å²) in [5.41, 5.74) is 0.640. The molecule has 1 fully saturated rings. The van der Waals surface area contributed by atoms with E-state index in [0.717, 1.165) is 0 Å². The van der Waals surface area contributed by atoms with Gasteiger partial charge in [-0.2, -0.15) is 13.2 Å². The molecule has 1 aromatic rings. The lowest BCUT2D eigenvalue weighted by atomic mass is 10.2. The molecule has 7 nitrogen and oxygen atoms in total. The van der Waals surface area contributed by atoms with Crippen LogP contribution in [0.2, 0.25) is 0 Å². The Bertz CT molecular complexity index is 709. The van der Waals surface area contributed by atoms with Gasteiger partial charge in [0, 0.05) is 5.69 Å². The summed E-state index contributed by atoms with van der Waals surface area (Å²) in [5.74, 6) is -1.73. The second-order valence-corrected chi connectivity index (χ2v) is 6.08. The van der Waals surface area contributed by atoms with Crippen molar-refractivity contribution < 1.29 is 32.3 Å². The molecule has 1 aliphatic rings. The number of esters is 1. The fourth-order valence-electron chi connectivity index (χ4n) is 2.84. The normalized spacial score (nSPS) is 17.4. The molecule has 1 atom stereocenters. The third-order valence-corrected chi connectivity index (χ3v) is 4.04. The molecule has 1 heterocycles. The van der Waals surface area contributed by atoms with Crippen molar-refractivity contribution in [3.63, 3.8) is 0 Å². The maximum absolute atomic E-state index is 12.2. The van der Waals surface area contributed by atoms with Gasteiger partial charge in [0.25, 0.3) is 0 Å². The Morgan fingerprint density at radius 1 is 1.30 bits per heavy atom. The number of alkyl halides is 3. The topological polar surface area (TPSA) is 87.7 Å². The SMILES string of the molecule is COC(=O)c1cccc(NC(=O)CN2CCCC2C(=O)NCC(F)(F)F)c1. The molecule has 2 amide bonds. The smallest absolute Gasteiger partial charge is 0.405 e. The first-order valence-electron chi connectivity index (χ1n) is 8.26. The van der Waals surface area contributed by atoms with Gasteiger partial charge < -0.3 is 15.4 Å². The second kappa shape index (κ2) is 8.85. The Balaban J connectivity index is 1.92. The monoisotopic (exact) mass is 387 g/mol. The molecule has 1 saturated heterocycles. The third kappa shape index (κ3) is 6.24. The highest BCUT2D eigenvalue weighted by atomic mass is 19.4. The summed E-state index contributed by atoms with van der Waals surface area (Å²) in [6, 6.07) is 5.36. The van der Waals surface area contributed by atoms with E-state index in [9.17, 15) is 27.6 Å². The molecule has 10 heteroatoms. The van der Waals surface area contributed by atoms with E-state index in [2.05, 4.69) is 10.1 Å². The Morgan fingerprint density at radius 3 is 2.70 bits per heavy atom. The number of likely N-dealkylation sites (tertiary alicyclic amines) is 1. The minimum atomic E-state index is -4.48. The molecule has 0 spiro atoms. The van der Waals surface area contributed by atoms with Crippen molar-refractivity contribution in [2.24, 2.45) is 0 Å². The molecule has 2 rings (SSSR count). The van der Waals surface area contributed by atoms with Gasteiger partial charge in [0.05, 0.1) is 25.3 Å². The van der Waals surface area contributed by atoms with Gasteiger partial charge >= 0.3 is 12.1 Å². The highest BCUT2D eigenvalue weighted by Crippen LogP contribution is 2.19. The average Bonchev–Trinajstić information content (AvgIpc) is 3.06. The summed E-state index contributed by atoms with van der Waals surface area (Å²) in [7, 11) is 1.24. The van der Waals surface area contributed by atoms with Crippen LogP contribution < -0.4 is 10.6 Å². The zero-order valence-corrected chi connectivity index (χ0v) is 14.6. The number of benzene rings is 1. The van der Waals surface area contributed by atoms with E-state index in [-0.39, 0.29) is 12.1 Å². The summed E-state index contributed by atoms with van der Waals surface area (Å²) in [6.45, 7) is -1.12. The van der Waals surface area contributed by atoms with E-state index in [1.807, 2.05) is 5.32 Å². The number of amides is 2. The predicted octanol–water partition coefficient (Wildman–Crippen LogP) is 1.55. The summed E-state index contributed by atoms with van der Waals surface area (Å²) in [5, 5.41) is 4.46. The molecule has 0 radical (unpaired) electrons. The Morgan fingerprint density at radius 2 is 2.04 bits per heavy atom. The second-order valence-electron chi connectivity index (χ2n) is 6.08. The fraction of sp³-hybridized carbons (Fsp3) is 0.471. The number of hydrogen-bond donors (Lipinski definition) is 2. The van der Waals surface area contributed by atoms with Gasteiger partial charge in [-0.25, -0.2) is 4.79 Å². The van der Waals surface area contributed by atoms with Crippen LogP contribution in [0.4, 0.5) is 18.9 Å². The molecule has 148 valence electrons. The molecule has 0 aromatic heterocycles. The molecular weight excluding hydrogens is 367 g/mol. The molecule has 2 N–H and O–H groups in total. The van der Waals surface area contributed by atoms with Crippen LogP contribution in [0, 0.1) is 0 Å². The van der Waals surface area contributed by atoms with Crippen LogP contribution in [0.5, 0.6) is 0 Å². The molecule has 0 saturated carbocycles. The molecule has 1 aromatic carbocycles. The number of carbonyl (C=O) groups is 3. The van der Waals surface area contributed by atoms with Crippen molar-refractivity contribution >= 4 is 23.5 Å². The summed E-state index contributed by atoms with van der Waals surface area (Å²) < 4.78 is 41.3. The van der Waals surface area contributed by atoms with Crippen molar-refractivity contribution in [1.82, 2.24) is 10.2 Å². The molecule has 27 heavy (non-hydrogen) atoms. The fourth-order valence-corrected chi connectivity index (χ4v) is 2.84. The highest BCUT2D eigenvalue weighted by Gasteiger charge is 2.34. The van der Waals surface area contributed by atoms with Crippen molar-refractivity contribution in [2.45, 2.75) is 25.1 Å².